The van der Waals surface area contributed by atoms with Crippen LogP contribution in [-0.2, 0) is 4.74 Å². The van der Waals surface area contributed by atoms with Crippen LogP contribution in [0.15, 0.2) is 24.8 Å². The average molecular weight is 192 g/mol. The minimum atomic E-state index is -0.412. The van der Waals surface area contributed by atoms with Gasteiger partial charge in [0.15, 0.2) is 0 Å². The Morgan fingerprint density at radius 2 is 2.14 bits per heavy atom. The van der Waals surface area contributed by atoms with E-state index in [1.165, 1.54) is 14.2 Å². The third-order valence-electron chi connectivity index (χ3n) is 1.86. The van der Waals surface area contributed by atoms with Crippen molar-refractivity contribution in [2.75, 3.05) is 14.2 Å². The summed E-state index contributed by atoms with van der Waals surface area (Å²) in [6.07, 6.45) is 1.66. The Morgan fingerprint density at radius 1 is 1.43 bits per heavy atom. The second-order valence-corrected chi connectivity index (χ2v) is 2.66. The van der Waals surface area contributed by atoms with E-state index in [0.717, 1.165) is 5.56 Å². The summed E-state index contributed by atoms with van der Waals surface area (Å²) in [6.45, 7) is 3.62. The van der Waals surface area contributed by atoms with Gasteiger partial charge in [0.1, 0.15) is 11.3 Å². The first-order chi connectivity index (χ1) is 6.72. The molecule has 0 N–H and O–H groups in total. The van der Waals surface area contributed by atoms with E-state index in [0.29, 0.717) is 11.3 Å². The number of rotatable bonds is 3. The fraction of sp³-hybridized carbons (Fsp3) is 0.182. The molecule has 0 saturated heterocycles. The molecule has 0 atom stereocenters. The molecular formula is C11H12O3. The first kappa shape index (κ1) is 10.3. The van der Waals surface area contributed by atoms with E-state index < -0.39 is 5.97 Å². The van der Waals surface area contributed by atoms with Gasteiger partial charge in [-0.1, -0.05) is 18.7 Å². The molecule has 1 aromatic rings. The molecule has 1 rings (SSSR count). The Balaban J connectivity index is 3.21. The zero-order valence-electron chi connectivity index (χ0n) is 8.24. The van der Waals surface area contributed by atoms with E-state index >= 15 is 0 Å². The molecule has 0 bridgehead atoms. The summed E-state index contributed by atoms with van der Waals surface area (Å²) in [6, 6.07) is 5.21. The topological polar surface area (TPSA) is 35.5 Å². The van der Waals surface area contributed by atoms with Crippen LogP contribution < -0.4 is 4.74 Å². The van der Waals surface area contributed by atoms with Crippen molar-refractivity contribution in [3.05, 3.63) is 35.9 Å². The zero-order valence-corrected chi connectivity index (χ0v) is 8.24. The number of hydrogen-bond donors (Lipinski definition) is 0. The van der Waals surface area contributed by atoms with Gasteiger partial charge in [0, 0.05) is 0 Å². The van der Waals surface area contributed by atoms with E-state index in [-0.39, 0.29) is 0 Å². The van der Waals surface area contributed by atoms with Gasteiger partial charge in [0.05, 0.1) is 14.2 Å². The normalized spacial score (nSPS) is 9.29. The molecule has 0 aliphatic carbocycles. The molecule has 0 fully saturated rings. The molecule has 3 nitrogen and oxygen atoms in total. The second kappa shape index (κ2) is 4.46. The van der Waals surface area contributed by atoms with E-state index in [1.54, 1.807) is 18.2 Å². The van der Waals surface area contributed by atoms with Crippen molar-refractivity contribution in [1.29, 1.82) is 0 Å². The quantitative estimate of drug-likeness (QED) is 0.688. The molecule has 0 aliphatic heterocycles. The number of benzene rings is 1. The summed E-state index contributed by atoms with van der Waals surface area (Å²) in [5.74, 6) is 0.0907. The third kappa shape index (κ3) is 1.93. The highest BCUT2D eigenvalue weighted by atomic mass is 16.5. The molecule has 0 aromatic heterocycles. The van der Waals surface area contributed by atoms with Crippen molar-refractivity contribution in [2.45, 2.75) is 0 Å². The van der Waals surface area contributed by atoms with Crippen LogP contribution in [0.4, 0.5) is 0 Å². The Morgan fingerprint density at radius 3 is 2.64 bits per heavy atom. The SMILES string of the molecule is C=Cc1ccc(OC)c(C(=O)OC)c1. The summed E-state index contributed by atoms with van der Waals surface area (Å²) in [5, 5.41) is 0. The fourth-order valence-electron chi connectivity index (χ4n) is 1.12. The maximum absolute atomic E-state index is 11.3. The van der Waals surface area contributed by atoms with Crippen LogP contribution in [0.3, 0.4) is 0 Å². The van der Waals surface area contributed by atoms with Gasteiger partial charge >= 0.3 is 5.97 Å². The maximum Gasteiger partial charge on any atom is 0.341 e. The molecular weight excluding hydrogens is 180 g/mol. The van der Waals surface area contributed by atoms with Crippen LogP contribution in [0, 0.1) is 0 Å². The number of methoxy groups -OCH3 is 2. The Bertz CT molecular complexity index is 356. The van der Waals surface area contributed by atoms with Crippen LogP contribution in [-0.4, -0.2) is 20.2 Å². The van der Waals surface area contributed by atoms with Gasteiger partial charge in [0.25, 0.3) is 0 Å². The average Bonchev–Trinajstić information content (AvgIpc) is 2.27. The highest BCUT2D eigenvalue weighted by Crippen LogP contribution is 2.21. The molecule has 0 amide bonds. The van der Waals surface area contributed by atoms with E-state index in [1.807, 2.05) is 6.07 Å². The summed E-state index contributed by atoms with van der Waals surface area (Å²) in [4.78, 5) is 11.3. The van der Waals surface area contributed by atoms with Crippen LogP contribution in [0.5, 0.6) is 5.75 Å². The summed E-state index contributed by atoms with van der Waals surface area (Å²) >= 11 is 0. The molecule has 3 heteroatoms. The molecule has 0 spiro atoms. The lowest BCUT2D eigenvalue weighted by Crippen LogP contribution is -2.04. The van der Waals surface area contributed by atoms with Crippen LogP contribution in [0.1, 0.15) is 15.9 Å². The molecule has 0 heterocycles. The van der Waals surface area contributed by atoms with Crippen molar-refractivity contribution in [1.82, 2.24) is 0 Å². The fourth-order valence-corrected chi connectivity index (χ4v) is 1.12. The van der Waals surface area contributed by atoms with Gasteiger partial charge < -0.3 is 9.47 Å². The Hall–Kier alpha value is -1.77. The lowest BCUT2D eigenvalue weighted by atomic mass is 10.1. The smallest absolute Gasteiger partial charge is 0.341 e. The predicted octanol–water partition coefficient (Wildman–Crippen LogP) is 2.12. The first-order valence-electron chi connectivity index (χ1n) is 4.11. The second-order valence-electron chi connectivity index (χ2n) is 2.66. The third-order valence-corrected chi connectivity index (χ3v) is 1.86. The van der Waals surface area contributed by atoms with Gasteiger partial charge in [-0.05, 0) is 17.7 Å². The van der Waals surface area contributed by atoms with Crippen molar-refractivity contribution < 1.29 is 14.3 Å². The highest BCUT2D eigenvalue weighted by Gasteiger charge is 2.12. The number of esters is 1. The van der Waals surface area contributed by atoms with Crippen LogP contribution in [0.25, 0.3) is 6.08 Å². The predicted molar refractivity (Wildman–Crippen MR) is 54.4 cm³/mol. The van der Waals surface area contributed by atoms with Crippen LogP contribution >= 0.6 is 0 Å². The standard InChI is InChI=1S/C11H12O3/c1-4-8-5-6-10(13-2)9(7-8)11(12)14-3/h4-7H,1H2,2-3H3. The highest BCUT2D eigenvalue weighted by molar-refractivity contribution is 5.93. The number of ether oxygens (including phenoxy) is 2. The molecule has 1 aromatic carbocycles. The minimum absolute atomic E-state index is 0.410. The molecule has 0 radical (unpaired) electrons. The molecule has 0 unspecified atom stereocenters. The minimum Gasteiger partial charge on any atom is -0.496 e. The maximum atomic E-state index is 11.3. The van der Waals surface area contributed by atoms with Gasteiger partial charge in [-0.2, -0.15) is 0 Å². The summed E-state index contributed by atoms with van der Waals surface area (Å²) in [7, 11) is 2.84. The zero-order chi connectivity index (χ0) is 10.6. The Kier molecular flexibility index (Phi) is 3.29. The van der Waals surface area contributed by atoms with Crippen LogP contribution in [0.2, 0.25) is 0 Å². The van der Waals surface area contributed by atoms with Crippen molar-refractivity contribution >= 4 is 12.0 Å². The van der Waals surface area contributed by atoms with Gasteiger partial charge in [0.2, 0.25) is 0 Å². The number of carbonyl (C=O) groups excluding carboxylic acids is 1. The van der Waals surface area contributed by atoms with Crippen molar-refractivity contribution in [3.63, 3.8) is 0 Å². The molecule has 0 saturated carbocycles. The van der Waals surface area contributed by atoms with Gasteiger partial charge in [-0.3, -0.25) is 0 Å². The monoisotopic (exact) mass is 192 g/mol. The Labute approximate surface area is 83.0 Å². The first-order valence-corrected chi connectivity index (χ1v) is 4.11. The van der Waals surface area contributed by atoms with Crippen molar-refractivity contribution in [2.24, 2.45) is 0 Å². The van der Waals surface area contributed by atoms with E-state index in [2.05, 4.69) is 11.3 Å². The number of carbonyl (C=O) groups is 1. The lowest BCUT2D eigenvalue weighted by molar-refractivity contribution is 0.0597. The summed E-state index contributed by atoms with van der Waals surface area (Å²) < 4.78 is 9.66. The summed E-state index contributed by atoms with van der Waals surface area (Å²) in [5.41, 5.74) is 1.26. The lowest BCUT2D eigenvalue weighted by Gasteiger charge is -2.07. The number of hydrogen-bond acceptors (Lipinski definition) is 3. The van der Waals surface area contributed by atoms with Gasteiger partial charge in [-0.15, -0.1) is 0 Å². The molecule has 0 aliphatic rings. The molecule has 74 valence electrons. The van der Waals surface area contributed by atoms with Gasteiger partial charge in [-0.25, -0.2) is 4.79 Å². The van der Waals surface area contributed by atoms with E-state index in [9.17, 15) is 4.79 Å². The molecule has 14 heavy (non-hydrogen) atoms. The largest absolute Gasteiger partial charge is 0.496 e. The van der Waals surface area contributed by atoms with Crippen molar-refractivity contribution in [3.8, 4) is 5.75 Å². The van der Waals surface area contributed by atoms with E-state index in [4.69, 9.17) is 4.74 Å².